The van der Waals surface area contributed by atoms with E-state index in [1.807, 2.05) is 79.7 Å². The van der Waals surface area contributed by atoms with Gasteiger partial charge >= 0.3 is 0 Å². The Labute approximate surface area is 194 Å². The van der Waals surface area contributed by atoms with Crippen LogP contribution in [0, 0.1) is 0 Å². The van der Waals surface area contributed by atoms with Gasteiger partial charge in [-0.3, -0.25) is 0 Å². The van der Waals surface area contributed by atoms with Gasteiger partial charge in [0.1, 0.15) is 5.75 Å². The number of aryl methyl sites for hydroxylation is 1. The predicted octanol–water partition coefficient (Wildman–Crippen LogP) is 9.41. The van der Waals surface area contributed by atoms with Crippen molar-refractivity contribution in [2.75, 3.05) is 6.61 Å². The van der Waals surface area contributed by atoms with Gasteiger partial charge in [-0.05, 0) is 73.9 Å². The first-order valence-electron chi connectivity index (χ1n) is 11.4. The monoisotopic (exact) mass is 436 g/mol. The zero-order valence-corrected chi connectivity index (χ0v) is 19.1. The lowest BCUT2D eigenvalue weighted by Crippen LogP contribution is -1.89. The molecule has 0 amide bonds. The van der Waals surface area contributed by atoms with E-state index in [4.69, 9.17) is 4.74 Å². The van der Waals surface area contributed by atoms with Gasteiger partial charge in [0.25, 0.3) is 0 Å². The number of hydrogen-bond donors (Lipinski definition) is 0. The smallest absolute Gasteiger partial charge is 0.119 e. The van der Waals surface area contributed by atoms with E-state index in [1.165, 1.54) is 18.4 Å². The molecule has 0 saturated carbocycles. The minimum atomic E-state index is 0.640. The molecule has 5 nitrogen and oxygen atoms in total. The number of nitrogens with zero attached hydrogens (tertiary/aromatic N) is 4. The first-order valence-corrected chi connectivity index (χ1v) is 11.4. The van der Waals surface area contributed by atoms with Crippen LogP contribution >= 0.6 is 0 Å². The summed E-state index contributed by atoms with van der Waals surface area (Å²) in [5, 5.41) is 19.8. The lowest BCUT2D eigenvalue weighted by atomic mass is 10.1. The van der Waals surface area contributed by atoms with Gasteiger partial charge in [0.05, 0.1) is 29.4 Å². The van der Waals surface area contributed by atoms with Gasteiger partial charge in [0, 0.05) is 10.8 Å². The Balaban J connectivity index is 1.55. The number of rotatable bonds is 9. The maximum Gasteiger partial charge on any atom is 0.119 e. The molecule has 0 spiro atoms. The third kappa shape index (κ3) is 5.89. The Kier molecular flexibility index (Phi) is 7.54. The molecule has 4 rings (SSSR count). The van der Waals surface area contributed by atoms with Gasteiger partial charge in [0.2, 0.25) is 0 Å². The van der Waals surface area contributed by atoms with Crippen LogP contribution in [0.4, 0.5) is 22.7 Å². The van der Waals surface area contributed by atoms with Gasteiger partial charge in [-0.1, -0.05) is 49.7 Å². The highest BCUT2D eigenvalue weighted by Gasteiger charge is 2.05. The Hall–Kier alpha value is -3.86. The zero-order chi connectivity index (χ0) is 22.9. The Morgan fingerprint density at radius 1 is 0.606 bits per heavy atom. The number of unbranched alkanes of at least 4 members (excludes halogenated alkanes) is 1. The fourth-order valence-electron chi connectivity index (χ4n) is 3.55. The van der Waals surface area contributed by atoms with Gasteiger partial charge < -0.3 is 4.74 Å². The normalized spacial score (nSPS) is 11.6. The summed E-state index contributed by atoms with van der Waals surface area (Å²) in [4.78, 5) is 0. The fourth-order valence-corrected chi connectivity index (χ4v) is 3.55. The van der Waals surface area contributed by atoms with Crippen LogP contribution in [0.25, 0.3) is 10.8 Å². The third-order valence-electron chi connectivity index (χ3n) is 5.33. The number of azo groups is 2. The van der Waals surface area contributed by atoms with Crippen LogP contribution in [-0.4, -0.2) is 6.61 Å². The van der Waals surface area contributed by atoms with Crippen molar-refractivity contribution in [1.82, 2.24) is 0 Å². The van der Waals surface area contributed by atoms with Crippen LogP contribution in [0.2, 0.25) is 0 Å². The first kappa shape index (κ1) is 22.3. The van der Waals surface area contributed by atoms with Gasteiger partial charge in [-0.2, -0.15) is 10.2 Å². The molecule has 0 aliphatic carbocycles. The van der Waals surface area contributed by atoms with Crippen molar-refractivity contribution in [2.24, 2.45) is 20.5 Å². The van der Waals surface area contributed by atoms with Crippen LogP contribution in [0.1, 0.15) is 32.3 Å². The minimum absolute atomic E-state index is 0.640. The maximum absolute atomic E-state index is 5.48. The van der Waals surface area contributed by atoms with Crippen molar-refractivity contribution in [3.63, 3.8) is 0 Å². The molecule has 5 heteroatoms. The van der Waals surface area contributed by atoms with E-state index in [1.54, 1.807) is 0 Å². The molecular formula is C28H28N4O. The number of fused-ring (bicyclic) bond motifs is 1. The van der Waals surface area contributed by atoms with Crippen LogP contribution in [0.3, 0.4) is 0 Å². The quantitative estimate of drug-likeness (QED) is 0.241. The number of benzene rings is 4. The van der Waals surface area contributed by atoms with Crippen LogP contribution in [0.5, 0.6) is 5.75 Å². The summed E-state index contributed by atoms with van der Waals surface area (Å²) in [6.07, 6.45) is 3.50. The summed E-state index contributed by atoms with van der Waals surface area (Å²) in [7, 11) is 0. The highest BCUT2D eigenvalue weighted by molar-refractivity contribution is 5.99. The molecule has 0 unspecified atom stereocenters. The molecule has 166 valence electrons. The molecule has 0 atom stereocenters. The predicted molar refractivity (Wildman–Crippen MR) is 135 cm³/mol. The second-order valence-corrected chi connectivity index (χ2v) is 7.75. The van der Waals surface area contributed by atoms with Crippen molar-refractivity contribution in [3.05, 3.63) is 90.5 Å². The molecule has 0 radical (unpaired) electrons. The van der Waals surface area contributed by atoms with Crippen molar-refractivity contribution in [2.45, 2.75) is 33.1 Å². The van der Waals surface area contributed by atoms with Gasteiger partial charge in [0.15, 0.2) is 0 Å². The lowest BCUT2D eigenvalue weighted by Gasteiger charge is -2.05. The van der Waals surface area contributed by atoms with E-state index in [2.05, 4.69) is 39.5 Å². The van der Waals surface area contributed by atoms with Gasteiger partial charge in [-0.15, -0.1) is 10.2 Å². The fraction of sp³-hybridized carbons (Fsp3) is 0.214. The van der Waals surface area contributed by atoms with Crippen molar-refractivity contribution < 1.29 is 4.74 Å². The Morgan fingerprint density at radius 2 is 1.15 bits per heavy atom. The first-order chi connectivity index (χ1) is 16.3. The van der Waals surface area contributed by atoms with E-state index in [-0.39, 0.29) is 0 Å². The molecule has 0 heterocycles. The van der Waals surface area contributed by atoms with Crippen molar-refractivity contribution >= 4 is 33.5 Å². The topological polar surface area (TPSA) is 58.7 Å². The lowest BCUT2D eigenvalue weighted by molar-refractivity contribution is 0.340. The second kappa shape index (κ2) is 11.1. The summed E-state index contributed by atoms with van der Waals surface area (Å²) in [5.41, 5.74) is 4.55. The summed E-state index contributed by atoms with van der Waals surface area (Å²) < 4.78 is 5.48. The van der Waals surface area contributed by atoms with E-state index in [9.17, 15) is 0 Å². The molecule has 33 heavy (non-hydrogen) atoms. The third-order valence-corrected chi connectivity index (χ3v) is 5.33. The molecule has 0 saturated heterocycles. The summed E-state index contributed by atoms with van der Waals surface area (Å²) in [6, 6.07) is 27.8. The van der Waals surface area contributed by atoms with Crippen LogP contribution in [0.15, 0.2) is 105 Å². The second-order valence-electron chi connectivity index (χ2n) is 7.75. The standard InChI is InChI=1S/C28H28N4O/c1-3-5-8-21-11-13-22(14-12-21)29-31-27-19-20-28(26-10-7-6-9-25(26)27)32-30-23-15-17-24(18-16-23)33-4-2/h6-7,9-20H,3-5,8H2,1-2H3. The molecule has 0 aromatic heterocycles. The average molecular weight is 437 g/mol. The SMILES string of the molecule is CCCCc1ccc(N=Nc2ccc(N=Nc3ccc(OCC)cc3)c3ccccc23)cc1. The molecule has 0 fully saturated rings. The highest BCUT2D eigenvalue weighted by Crippen LogP contribution is 2.35. The Morgan fingerprint density at radius 3 is 1.67 bits per heavy atom. The summed E-state index contributed by atoms with van der Waals surface area (Å²) in [5.74, 6) is 0.826. The summed E-state index contributed by atoms with van der Waals surface area (Å²) in [6.45, 7) is 4.81. The summed E-state index contributed by atoms with van der Waals surface area (Å²) >= 11 is 0. The molecule has 0 bridgehead atoms. The molecule has 4 aromatic carbocycles. The minimum Gasteiger partial charge on any atom is -0.494 e. The van der Waals surface area contributed by atoms with Gasteiger partial charge in [-0.25, -0.2) is 0 Å². The van der Waals surface area contributed by atoms with E-state index < -0.39 is 0 Å². The number of hydrogen-bond acceptors (Lipinski definition) is 5. The van der Waals surface area contributed by atoms with Crippen molar-refractivity contribution in [1.29, 1.82) is 0 Å². The van der Waals surface area contributed by atoms with E-state index >= 15 is 0 Å². The van der Waals surface area contributed by atoms with Crippen molar-refractivity contribution in [3.8, 4) is 5.75 Å². The maximum atomic E-state index is 5.48. The molecular weight excluding hydrogens is 408 g/mol. The molecule has 0 aliphatic rings. The van der Waals surface area contributed by atoms with E-state index in [0.29, 0.717) is 6.61 Å². The average Bonchev–Trinajstić information content (AvgIpc) is 2.87. The molecule has 4 aromatic rings. The zero-order valence-electron chi connectivity index (χ0n) is 19.1. The van der Waals surface area contributed by atoms with E-state index in [0.717, 1.165) is 45.7 Å². The molecule has 0 N–H and O–H groups in total. The van der Waals surface area contributed by atoms with Crippen LogP contribution in [-0.2, 0) is 6.42 Å². The largest absolute Gasteiger partial charge is 0.494 e. The molecule has 0 aliphatic heterocycles. The highest BCUT2D eigenvalue weighted by atomic mass is 16.5. The van der Waals surface area contributed by atoms with Crippen LogP contribution < -0.4 is 4.74 Å². The Bertz CT molecular complexity index is 1250. The number of ether oxygens (including phenoxy) is 1.